The normalized spacial score (nSPS) is 19.9. The Balaban J connectivity index is 2.36. The van der Waals surface area contributed by atoms with Crippen LogP contribution in [0.3, 0.4) is 0 Å². The summed E-state index contributed by atoms with van der Waals surface area (Å²) in [5, 5.41) is 9.91. The molecular formula is C12H15ClN2O3. The highest BCUT2D eigenvalue weighted by Crippen LogP contribution is 2.27. The number of carbonyl (C=O) groups is 1. The summed E-state index contributed by atoms with van der Waals surface area (Å²) in [5.41, 5.74) is 6.82. The highest BCUT2D eigenvalue weighted by molar-refractivity contribution is 6.30. The van der Waals surface area contributed by atoms with Gasteiger partial charge in [0.2, 0.25) is 5.91 Å². The van der Waals surface area contributed by atoms with Gasteiger partial charge in [-0.1, -0.05) is 11.6 Å². The van der Waals surface area contributed by atoms with Gasteiger partial charge in [-0.3, -0.25) is 4.79 Å². The number of nitrogens with zero attached hydrogens (tertiary/aromatic N) is 1. The van der Waals surface area contributed by atoms with Gasteiger partial charge >= 0.3 is 0 Å². The molecule has 2 rings (SSSR count). The second-order valence-corrected chi connectivity index (χ2v) is 4.55. The fourth-order valence-corrected chi connectivity index (χ4v) is 2.28. The van der Waals surface area contributed by atoms with Gasteiger partial charge in [0.15, 0.2) is 0 Å². The second kappa shape index (κ2) is 5.56. The lowest BCUT2D eigenvalue weighted by Gasteiger charge is -2.36. The van der Waals surface area contributed by atoms with Gasteiger partial charge in [-0.2, -0.15) is 0 Å². The molecule has 1 unspecified atom stereocenters. The van der Waals surface area contributed by atoms with E-state index in [1.165, 1.54) is 0 Å². The molecule has 3 N–H and O–H groups in total. The maximum Gasteiger partial charge on any atom is 0.242 e. The van der Waals surface area contributed by atoms with Gasteiger partial charge in [-0.15, -0.1) is 0 Å². The van der Waals surface area contributed by atoms with Crippen molar-refractivity contribution in [1.29, 1.82) is 0 Å². The zero-order chi connectivity index (χ0) is 13.1. The number of hydrogen-bond donors (Lipinski definition) is 2. The lowest BCUT2D eigenvalue weighted by atomic mass is 10.1. The Morgan fingerprint density at radius 3 is 3.06 bits per heavy atom. The van der Waals surface area contributed by atoms with Crippen molar-refractivity contribution in [2.24, 2.45) is 5.73 Å². The number of benzene rings is 1. The molecule has 0 aliphatic carbocycles. The van der Waals surface area contributed by atoms with Crippen LogP contribution < -0.4 is 10.6 Å². The van der Waals surface area contributed by atoms with Crippen LogP contribution in [0.4, 0.5) is 5.69 Å². The lowest BCUT2D eigenvalue weighted by molar-refractivity contribution is -0.121. The van der Waals surface area contributed by atoms with Gasteiger partial charge in [0, 0.05) is 22.8 Å². The summed E-state index contributed by atoms with van der Waals surface area (Å²) < 4.78 is 5.26. The van der Waals surface area contributed by atoms with E-state index in [1.807, 2.05) is 4.90 Å². The average molecular weight is 271 g/mol. The molecule has 5 nitrogen and oxygen atoms in total. The Bertz CT molecular complexity index is 453. The van der Waals surface area contributed by atoms with Crippen molar-refractivity contribution in [2.75, 3.05) is 24.7 Å². The average Bonchev–Trinajstić information content (AvgIpc) is 2.38. The molecule has 6 heteroatoms. The van der Waals surface area contributed by atoms with Crippen molar-refractivity contribution >= 4 is 23.2 Å². The summed E-state index contributed by atoms with van der Waals surface area (Å²) in [7, 11) is 0. The molecule has 1 aliphatic heterocycles. The molecule has 1 aromatic carbocycles. The highest BCUT2D eigenvalue weighted by Gasteiger charge is 2.29. The predicted octanol–water partition coefficient (Wildman–Crippen LogP) is 0.523. The van der Waals surface area contributed by atoms with Crippen molar-refractivity contribution in [2.45, 2.75) is 12.6 Å². The Morgan fingerprint density at radius 2 is 2.39 bits per heavy atom. The van der Waals surface area contributed by atoms with Crippen LogP contribution in [0.1, 0.15) is 5.56 Å². The summed E-state index contributed by atoms with van der Waals surface area (Å²) in [5.74, 6) is -0.437. The van der Waals surface area contributed by atoms with E-state index in [1.54, 1.807) is 18.2 Å². The largest absolute Gasteiger partial charge is 0.392 e. The summed E-state index contributed by atoms with van der Waals surface area (Å²) in [6, 6.07) is 4.69. The summed E-state index contributed by atoms with van der Waals surface area (Å²) in [6.45, 7) is 1.21. The van der Waals surface area contributed by atoms with Crippen LogP contribution in [0.25, 0.3) is 0 Å². The number of aliphatic hydroxyl groups is 1. The maximum absolute atomic E-state index is 11.4. The zero-order valence-corrected chi connectivity index (χ0v) is 10.6. The van der Waals surface area contributed by atoms with E-state index in [0.29, 0.717) is 23.7 Å². The van der Waals surface area contributed by atoms with Gasteiger partial charge in [-0.25, -0.2) is 0 Å². The van der Waals surface area contributed by atoms with Crippen molar-refractivity contribution in [3.8, 4) is 0 Å². The first-order valence-corrected chi connectivity index (χ1v) is 6.04. The molecule has 0 spiro atoms. The number of anilines is 1. The molecule has 98 valence electrons. The molecule has 1 aliphatic rings. The predicted molar refractivity (Wildman–Crippen MR) is 68.5 cm³/mol. The van der Waals surface area contributed by atoms with Crippen LogP contribution in [-0.4, -0.2) is 36.8 Å². The van der Waals surface area contributed by atoms with Crippen LogP contribution in [0.5, 0.6) is 0 Å². The van der Waals surface area contributed by atoms with Crippen LogP contribution >= 0.6 is 11.6 Å². The number of primary amides is 1. The third kappa shape index (κ3) is 2.58. The van der Waals surface area contributed by atoms with Gasteiger partial charge < -0.3 is 20.5 Å². The smallest absolute Gasteiger partial charge is 0.242 e. The van der Waals surface area contributed by atoms with E-state index < -0.39 is 11.9 Å². The summed E-state index contributed by atoms with van der Waals surface area (Å²) in [4.78, 5) is 13.3. The minimum atomic E-state index is -0.509. The fourth-order valence-electron chi connectivity index (χ4n) is 2.09. The molecular weight excluding hydrogens is 256 g/mol. The van der Waals surface area contributed by atoms with Crippen LogP contribution in [0.2, 0.25) is 5.02 Å². The lowest BCUT2D eigenvalue weighted by Crippen LogP contribution is -2.53. The van der Waals surface area contributed by atoms with Crippen molar-refractivity contribution < 1.29 is 14.6 Å². The number of hydrogen-bond acceptors (Lipinski definition) is 4. The zero-order valence-electron chi connectivity index (χ0n) is 9.80. The first-order chi connectivity index (χ1) is 8.63. The van der Waals surface area contributed by atoms with Crippen LogP contribution in [-0.2, 0) is 16.1 Å². The third-order valence-corrected chi connectivity index (χ3v) is 3.21. The van der Waals surface area contributed by atoms with Gasteiger partial charge in [0.25, 0.3) is 0 Å². The molecule has 1 atom stereocenters. The molecule has 0 radical (unpaired) electrons. The van der Waals surface area contributed by atoms with E-state index in [2.05, 4.69) is 0 Å². The second-order valence-electron chi connectivity index (χ2n) is 4.12. The summed E-state index contributed by atoms with van der Waals surface area (Å²) in [6.07, 6.45) is 0. The van der Waals surface area contributed by atoms with E-state index in [9.17, 15) is 9.90 Å². The van der Waals surface area contributed by atoms with Crippen molar-refractivity contribution in [3.63, 3.8) is 0 Å². The van der Waals surface area contributed by atoms with E-state index in [4.69, 9.17) is 22.1 Å². The van der Waals surface area contributed by atoms with Crippen molar-refractivity contribution in [3.05, 3.63) is 28.8 Å². The van der Waals surface area contributed by atoms with E-state index >= 15 is 0 Å². The standard InChI is InChI=1S/C12H15ClN2O3/c13-9-1-2-10(8(5-9)6-16)15-3-4-18-7-11(15)12(14)17/h1-2,5,11,16H,3-4,6-7H2,(H2,14,17). The summed E-state index contributed by atoms with van der Waals surface area (Å²) >= 11 is 5.89. The van der Waals surface area contributed by atoms with Crippen LogP contribution in [0.15, 0.2) is 18.2 Å². The number of carbonyl (C=O) groups excluding carboxylic acids is 1. The molecule has 1 amide bonds. The Morgan fingerprint density at radius 1 is 1.61 bits per heavy atom. The molecule has 0 saturated carbocycles. The molecule has 1 aromatic rings. The highest BCUT2D eigenvalue weighted by atomic mass is 35.5. The number of rotatable bonds is 3. The van der Waals surface area contributed by atoms with Crippen molar-refractivity contribution in [1.82, 2.24) is 0 Å². The van der Waals surface area contributed by atoms with E-state index in [-0.39, 0.29) is 13.2 Å². The topological polar surface area (TPSA) is 75.8 Å². The molecule has 1 saturated heterocycles. The minimum absolute atomic E-state index is 0.140. The van der Waals surface area contributed by atoms with Gasteiger partial charge in [0.1, 0.15) is 6.04 Å². The number of amides is 1. The molecule has 18 heavy (non-hydrogen) atoms. The van der Waals surface area contributed by atoms with E-state index in [0.717, 1.165) is 5.69 Å². The number of morpholine rings is 1. The first-order valence-electron chi connectivity index (χ1n) is 5.66. The fraction of sp³-hybridized carbons (Fsp3) is 0.417. The first kappa shape index (κ1) is 13.1. The monoisotopic (exact) mass is 270 g/mol. The molecule has 0 bridgehead atoms. The minimum Gasteiger partial charge on any atom is -0.392 e. The molecule has 0 aromatic heterocycles. The van der Waals surface area contributed by atoms with Gasteiger partial charge in [-0.05, 0) is 18.2 Å². The Hall–Kier alpha value is -1.30. The Labute approximate surface area is 110 Å². The maximum atomic E-state index is 11.4. The van der Waals surface area contributed by atoms with Gasteiger partial charge in [0.05, 0.1) is 19.8 Å². The SMILES string of the molecule is NC(=O)C1COCCN1c1ccc(Cl)cc1CO. The number of halogens is 1. The number of nitrogens with two attached hydrogens (primary N) is 1. The molecule has 1 heterocycles. The Kier molecular flexibility index (Phi) is 4.06. The third-order valence-electron chi connectivity index (χ3n) is 2.98. The number of aliphatic hydroxyl groups excluding tert-OH is 1. The quantitative estimate of drug-likeness (QED) is 0.840. The molecule has 1 fully saturated rings. The van der Waals surface area contributed by atoms with Crippen LogP contribution in [0, 0.1) is 0 Å². The number of ether oxygens (including phenoxy) is 1.